The van der Waals surface area contributed by atoms with E-state index >= 15 is 0 Å². The summed E-state index contributed by atoms with van der Waals surface area (Å²) in [5.74, 6) is 0. The first kappa shape index (κ1) is 8.51. The van der Waals surface area contributed by atoms with Crippen LogP contribution in [0.5, 0.6) is 0 Å². The Labute approximate surface area is 71.8 Å². The molecule has 1 aromatic heterocycles. The lowest BCUT2D eigenvalue weighted by molar-refractivity contribution is -0.191. The first-order chi connectivity index (χ1) is 5.22. The number of nitrogens with zero attached hydrogens (tertiary/aromatic N) is 2. The highest BCUT2D eigenvalue weighted by Gasteiger charge is 2.03. The Hall–Kier alpha value is -0.590. The second-order valence-corrected chi connectivity index (χ2v) is 4.14. The van der Waals surface area contributed by atoms with Gasteiger partial charge >= 0.3 is 0 Å². The molecule has 4 nitrogen and oxygen atoms in total. The molecule has 6 heteroatoms. The van der Waals surface area contributed by atoms with E-state index in [9.17, 15) is 0 Å². The van der Waals surface area contributed by atoms with Gasteiger partial charge in [-0.05, 0) is 25.3 Å². The molecular formula is C5H6N2O2S2. The van der Waals surface area contributed by atoms with E-state index in [0.717, 1.165) is 16.8 Å². The van der Waals surface area contributed by atoms with Gasteiger partial charge in [0.25, 0.3) is 0 Å². The van der Waals surface area contributed by atoms with E-state index in [2.05, 4.69) is 21.7 Å². The lowest BCUT2D eigenvalue weighted by Gasteiger charge is -1.93. The van der Waals surface area contributed by atoms with Crippen molar-refractivity contribution < 1.29 is 10.1 Å². The van der Waals surface area contributed by atoms with Crippen LogP contribution in [0.25, 0.3) is 0 Å². The number of aromatic nitrogens is 2. The van der Waals surface area contributed by atoms with Crippen LogP contribution in [-0.2, 0) is 4.89 Å². The van der Waals surface area contributed by atoms with Crippen LogP contribution in [0.1, 0.15) is 5.01 Å². The molecule has 0 aliphatic heterocycles. The van der Waals surface area contributed by atoms with Gasteiger partial charge in [-0.1, -0.05) is 11.3 Å². The molecule has 0 fully saturated rings. The van der Waals surface area contributed by atoms with Crippen molar-refractivity contribution in [3.8, 4) is 0 Å². The van der Waals surface area contributed by atoms with Crippen LogP contribution >= 0.6 is 23.1 Å². The number of hydrogen-bond acceptors (Lipinski definition) is 6. The molecular weight excluding hydrogens is 184 g/mol. The molecule has 1 heterocycles. The monoisotopic (exact) mass is 190 g/mol. The summed E-state index contributed by atoms with van der Waals surface area (Å²) in [7, 11) is 0. The van der Waals surface area contributed by atoms with E-state index in [1.54, 1.807) is 0 Å². The highest BCUT2D eigenvalue weighted by Crippen LogP contribution is 2.27. The Morgan fingerprint density at radius 1 is 1.73 bits per heavy atom. The zero-order valence-corrected chi connectivity index (χ0v) is 7.41. The van der Waals surface area contributed by atoms with Crippen LogP contribution in [0.15, 0.2) is 16.0 Å². The maximum atomic E-state index is 8.14. The minimum atomic E-state index is 0.196. The van der Waals surface area contributed by atoms with Gasteiger partial charge < -0.3 is 4.89 Å². The third-order valence-electron chi connectivity index (χ3n) is 0.810. The lowest BCUT2D eigenvalue weighted by Crippen LogP contribution is -1.77. The van der Waals surface area contributed by atoms with Gasteiger partial charge in [0.1, 0.15) is 5.01 Å². The van der Waals surface area contributed by atoms with Gasteiger partial charge in [-0.25, -0.2) is 5.26 Å². The molecule has 0 radical (unpaired) electrons. The zero-order valence-electron chi connectivity index (χ0n) is 5.77. The van der Waals surface area contributed by atoms with Crippen LogP contribution in [0.4, 0.5) is 0 Å². The van der Waals surface area contributed by atoms with Crippen LogP contribution in [0.3, 0.4) is 0 Å². The second-order valence-electron chi connectivity index (χ2n) is 1.65. The fourth-order valence-corrected chi connectivity index (χ4v) is 1.97. The highest BCUT2D eigenvalue weighted by atomic mass is 32.2. The third-order valence-corrected chi connectivity index (χ3v) is 2.50. The standard InChI is InChI=1S/C5H6N2O2S2/c1-3-6-7-5(10-3)11-4(2)9-8/h8H,2H2,1H3. The highest BCUT2D eigenvalue weighted by molar-refractivity contribution is 8.04. The van der Waals surface area contributed by atoms with Crippen LogP contribution < -0.4 is 0 Å². The maximum absolute atomic E-state index is 8.14. The molecule has 1 N–H and O–H groups in total. The summed E-state index contributed by atoms with van der Waals surface area (Å²) in [6, 6.07) is 0. The summed E-state index contributed by atoms with van der Waals surface area (Å²) in [6.45, 7) is 5.26. The molecule has 0 saturated carbocycles. The van der Waals surface area contributed by atoms with E-state index < -0.39 is 0 Å². The van der Waals surface area contributed by atoms with Gasteiger partial charge in [0.2, 0.25) is 0 Å². The predicted molar refractivity (Wildman–Crippen MR) is 43.4 cm³/mol. The largest absolute Gasteiger partial charge is 0.333 e. The Balaban J connectivity index is 2.57. The van der Waals surface area contributed by atoms with E-state index in [-0.39, 0.29) is 5.09 Å². The average Bonchev–Trinajstić information content (AvgIpc) is 2.35. The molecule has 0 atom stereocenters. The smallest absolute Gasteiger partial charge is 0.198 e. The summed E-state index contributed by atoms with van der Waals surface area (Å²) < 4.78 is 0.710. The Morgan fingerprint density at radius 3 is 2.91 bits per heavy atom. The van der Waals surface area contributed by atoms with Gasteiger partial charge in [0.05, 0.1) is 0 Å². The molecule has 0 aliphatic carbocycles. The van der Waals surface area contributed by atoms with Crippen molar-refractivity contribution in [2.24, 2.45) is 0 Å². The molecule has 1 aromatic rings. The first-order valence-corrected chi connectivity index (χ1v) is 4.34. The number of aryl methyl sites for hydroxylation is 1. The molecule has 11 heavy (non-hydrogen) atoms. The van der Waals surface area contributed by atoms with Crippen molar-refractivity contribution in [3.05, 3.63) is 16.7 Å². The van der Waals surface area contributed by atoms with Crippen molar-refractivity contribution >= 4 is 23.1 Å². The van der Waals surface area contributed by atoms with Crippen molar-refractivity contribution in [2.45, 2.75) is 11.3 Å². The Morgan fingerprint density at radius 2 is 2.45 bits per heavy atom. The predicted octanol–water partition coefficient (Wildman–Crippen LogP) is 1.90. The van der Waals surface area contributed by atoms with E-state index in [4.69, 9.17) is 5.26 Å². The molecule has 60 valence electrons. The number of thioether (sulfide) groups is 1. The fraction of sp³-hybridized carbons (Fsp3) is 0.200. The second kappa shape index (κ2) is 3.70. The van der Waals surface area contributed by atoms with Crippen molar-refractivity contribution in [1.29, 1.82) is 0 Å². The summed E-state index contributed by atoms with van der Waals surface area (Å²) in [5.41, 5.74) is 0. The zero-order chi connectivity index (χ0) is 8.27. The minimum Gasteiger partial charge on any atom is -0.333 e. The van der Waals surface area contributed by atoms with Gasteiger partial charge in [-0.2, -0.15) is 0 Å². The molecule has 0 saturated heterocycles. The maximum Gasteiger partial charge on any atom is 0.198 e. The normalized spacial score (nSPS) is 9.64. The van der Waals surface area contributed by atoms with Gasteiger partial charge in [-0.3, -0.25) is 0 Å². The van der Waals surface area contributed by atoms with Crippen molar-refractivity contribution in [3.63, 3.8) is 0 Å². The fourth-order valence-electron chi connectivity index (χ4n) is 0.436. The van der Waals surface area contributed by atoms with Gasteiger partial charge in [-0.15, -0.1) is 10.2 Å². The quantitative estimate of drug-likeness (QED) is 0.341. The molecule has 0 amide bonds. The van der Waals surface area contributed by atoms with Crippen molar-refractivity contribution in [1.82, 2.24) is 10.2 Å². The SMILES string of the molecule is C=C(OO)Sc1nnc(C)s1. The summed E-state index contributed by atoms with van der Waals surface area (Å²) in [5, 5.41) is 16.8. The van der Waals surface area contributed by atoms with E-state index in [1.165, 1.54) is 11.3 Å². The van der Waals surface area contributed by atoms with Crippen LogP contribution in [0, 0.1) is 6.92 Å². The lowest BCUT2D eigenvalue weighted by atomic mass is 10.9. The first-order valence-electron chi connectivity index (χ1n) is 2.70. The Bertz CT molecular complexity index is 261. The number of rotatable bonds is 3. The summed E-state index contributed by atoms with van der Waals surface area (Å²) in [6.07, 6.45) is 0. The topological polar surface area (TPSA) is 55.2 Å². The summed E-state index contributed by atoms with van der Waals surface area (Å²) in [4.78, 5) is 3.87. The van der Waals surface area contributed by atoms with Gasteiger partial charge in [0.15, 0.2) is 9.43 Å². The van der Waals surface area contributed by atoms with Crippen molar-refractivity contribution in [2.75, 3.05) is 0 Å². The van der Waals surface area contributed by atoms with Gasteiger partial charge in [0, 0.05) is 0 Å². The van der Waals surface area contributed by atoms with Crippen LogP contribution in [-0.4, -0.2) is 15.5 Å². The molecule has 1 rings (SSSR count). The molecule has 0 aliphatic rings. The number of hydrogen-bond donors (Lipinski definition) is 1. The average molecular weight is 190 g/mol. The minimum absolute atomic E-state index is 0.196. The van der Waals surface area contributed by atoms with E-state index in [0.29, 0.717) is 4.34 Å². The Kier molecular flexibility index (Phi) is 2.86. The molecule has 0 aromatic carbocycles. The summed E-state index contributed by atoms with van der Waals surface area (Å²) >= 11 is 2.56. The third kappa shape index (κ3) is 2.49. The molecule has 0 unspecified atom stereocenters. The molecule has 0 bridgehead atoms. The van der Waals surface area contributed by atoms with E-state index in [1.807, 2.05) is 6.92 Å². The molecule has 0 spiro atoms. The van der Waals surface area contributed by atoms with Crippen LogP contribution in [0.2, 0.25) is 0 Å².